The van der Waals surface area contributed by atoms with Crippen molar-refractivity contribution in [3.63, 3.8) is 0 Å². The number of nitrogens with zero attached hydrogens (tertiary/aromatic N) is 1. The Bertz CT molecular complexity index is 835. The molecule has 1 aliphatic heterocycles. The normalized spacial score (nSPS) is 13.4. The number of hydrogen-bond donors (Lipinski definition) is 2. The first-order chi connectivity index (χ1) is 14.3. The Balaban J connectivity index is 0.00000155. The Hall–Kier alpha value is -2.33. The van der Waals surface area contributed by atoms with Crippen molar-refractivity contribution in [2.45, 2.75) is 60.9 Å². The maximum Gasteiger partial charge on any atom is 0.232 e. The van der Waals surface area contributed by atoms with Crippen molar-refractivity contribution in [1.82, 2.24) is 5.32 Å². The van der Waals surface area contributed by atoms with Gasteiger partial charge in [0, 0.05) is 30.4 Å². The Labute approximate surface area is 183 Å². The van der Waals surface area contributed by atoms with E-state index in [9.17, 15) is 4.79 Å². The van der Waals surface area contributed by atoms with E-state index in [1.165, 1.54) is 27.9 Å². The lowest BCUT2D eigenvalue weighted by Crippen LogP contribution is -2.36. The average Bonchev–Trinajstić information content (AvgIpc) is 2.99. The first kappa shape index (κ1) is 23.9. The lowest BCUT2D eigenvalue weighted by Gasteiger charge is -2.26. The molecule has 2 aromatic carbocycles. The second kappa shape index (κ2) is 10.6. The summed E-state index contributed by atoms with van der Waals surface area (Å²) in [5.74, 6) is 0.120. The summed E-state index contributed by atoms with van der Waals surface area (Å²) in [5.41, 5.74) is 7.25. The summed E-state index contributed by atoms with van der Waals surface area (Å²) >= 11 is 0. The van der Waals surface area contributed by atoms with Crippen molar-refractivity contribution in [3.05, 3.63) is 58.7 Å². The van der Waals surface area contributed by atoms with Gasteiger partial charge in [0.2, 0.25) is 5.91 Å². The molecule has 1 heterocycles. The van der Waals surface area contributed by atoms with Crippen LogP contribution in [-0.4, -0.2) is 26.0 Å². The maximum atomic E-state index is 12.5. The van der Waals surface area contributed by atoms with Crippen molar-refractivity contribution < 1.29 is 4.79 Å². The molecule has 3 rings (SSSR count). The van der Waals surface area contributed by atoms with Gasteiger partial charge in [0.05, 0.1) is 0 Å². The number of aryl methyl sites for hydroxylation is 1. The van der Waals surface area contributed by atoms with Gasteiger partial charge < -0.3 is 15.5 Å². The van der Waals surface area contributed by atoms with Crippen molar-refractivity contribution in [3.8, 4) is 0 Å². The highest BCUT2D eigenvalue weighted by molar-refractivity contribution is 5.96. The molecule has 0 unspecified atom stereocenters. The molecule has 0 aliphatic carbocycles. The molecule has 1 aliphatic rings. The third-order valence-corrected chi connectivity index (χ3v) is 5.48. The van der Waals surface area contributed by atoms with Crippen LogP contribution in [0.4, 0.5) is 11.4 Å². The largest absolute Gasteiger partial charge is 0.381 e. The first-order valence-corrected chi connectivity index (χ1v) is 11.2. The second-order valence-electron chi connectivity index (χ2n) is 8.78. The highest BCUT2D eigenvalue weighted by atomic mass is 16.2. The van der Waals surface area contributed by atoms with Crippen molar-refractivity contribution in [1.29, 1.82) is 0 Å². The van der Waals surface area contributed by atoms with Crippen LogP contribution in [0, 0.1) is 12.3 Å². The van der Waals surface area contributed by atoms with Gasteiger partial charge in [-0.2, -0.15) is 0 Å². The van der Waals surface area contributed by atoms with Crippen LogP contribution in [0.2, 0.25) is 0 Å². The molecule has 0 spiro atoms. The predicted molar refractivity (Wildman–Crippen MR) is 129 cm³/mol. The molecule has 0 atom stereocenters. The van der Waals surface area contributed by atoms with E-state index in [4.69, 9.17) is 0 Å². The molecule has 164 valence electrons. The van der Waals surface area contributed by atoms with Gasteiger partial charge in [-0.05, 0) is 67.2 Å². The predicted octanol–water partition coefficient (Wildman–Crippen LogP) is 5.33. The van der Waals surface area contributed by atoms with Crippen LogP contribution >= 0.6 is 0 Å². The third kappa shape index (κ3) is 5.85. The number of fused-ring (bicyclic) bond motifs is 1. The quantitative estimate of drug-likeness (QED) is 0.717. The van der Waals surface area contributed by atoms with Gasteiger partial charge >= 0.3 is 0 Å². The summed E-state index contributed by atoms with van der Waals surface area (Å²) in [4.78, 5) is 14.2. The number of carbonyl (C=O) groups is 1. The molecule has 2 N–H and O–H groups in total. The standard InChI is InChI=1S/C24H33N3O.C2H6/c1-17-6-9-19-12-14-25-15-13-21(19)22(17)26-16-18-7-10-20(11-8-18)27(5)23(28)24(2,3)4;1-2/h6-11,25-26H,12-16H2,1-5H3;1-2H3. The van der Waals surface area contributed by atoms with E-state index in [1.54, 1.807) is 4.90 Å². The molecule has 4 nitrogen and oxygen atoms in total. The molecular formula is C26H39N3O. The monoisotopic (exact) mass is 409 g/mol. The Morgan fingerprint density at radius 3 is 2.30 bits per heavy atom. The number of amides is 1. The molecule has 0 fully saturated rings. The summed E-state index contributed by atoms with van der Waals surface area (Å²) in [6, 6.07) is 12.8. The van der Waals surface area contributed by atoms with E-state index in [0.29, 0.717) is 0 Å². The van der Waals surface area contributed by atoms with Crippen molar-refractivity contribution in [2.24, 2.45) is 5.41 Å². The Morgan fingerprint density at radius 1 is 1.03 bits per heavy atom. The zero-order valence-corrected chi connectivity index (χ0v) is 19.9. The van der Waals surface area contributed by atoms with Crippen LogP contribution in [-0.2, 0) is 24.2 Å². The van der Waals surface area contributed by atoms with Crippen LogP contribution < -0.4 is 15.5 Å². The van der Waals surface area contributed by atoms with E-state index in [2.05, 4.69) is 41.8 Å². The molecule has 0 aromatic heterocycles. The lowest BCUT2D eigenvalue weighted by atomic mass is 9.94. The summed E-state index contributed by atoms with van der Waals surface area (Å²) in [7, 11) is 1.84. The van der Waals surface area contributed by atoms with E-state index in [-0.39, 0.29) is 11.3 Å². The van der Waals surface area contributed by atoms with Gasteiger partial charge in [-0.25, -0.2) is 0 Å². The Kier molecular flexibility index (Phi) is 8.48. The average molecular weight is 410 g/mol. The number of carbonyl (C=O) groups excluding carboxylic acids is 1. The fraction of sp³-hybridized carbons (Fsp3) is 0.500. The summed E-state index contributed by atoms with van der Waals surface area (Å²) < 4.78 is 0. The summed E-state index contributed by atoms with van der Waals surface area (Å²) in [5, 5.41) is 7.16. The number of nitrogens with one attached hydrogen (secondary N) is 2. The highest BCUT2D eigenvalue weighted by Crippen LogP contribution is 2.28. The van der Waals surface area contributed by atoms with E-state index < -0.39 is 0 Å². The van der Waals surface area contributed by atoms with Gasteiger partial charge in [-0.1, -0.05) is 58.9 Å². The smallest absolute Gasteiger partial charge is 0.232 e. The Morgan fingerprint density at radius 2 is 1.67 bits per heavy atom. The van der Waals surface area contributed by atoms with Crippen LogP contribution in [0.5, 0.6) is 0 Å². The molecular weight excluding hydrogens is 370 g/mol. The fourth-order valence-electron chi connectivity index (χ4n) is 3.78. The zero-order valence-electron chi connectivity index (χ0n) is 19.9. The number of hydrogen-bond acceptors (Lipinski definition) is 3. The van der Waals surface area contributed by atoms with Crippen LogP contribution in [0.3, 0.4) is 0 Å². The first-order valence-electron chi connectivity index (χ1n) is 11.2. The van der Waals surface area contributed by atoms with Crippen molar-refractivity contribution in [2.75, 3.05) is 30.4 Å². The lowest BCUT2D eigenvalue weighted by molar-refractivity contribution is -0.125. The third-order valence-electron chi connectivity index (χ3n) is 5.48. The minimum Gasteiger partial charge on any atom is -0.381 e. The van der Waals surface area contributed by atoms with Gasteiger partial charge in [-0.3, -0.25) is 4.79 Å². The van der Waals surface area contributed by atoms with Gasteiger partial charge in [-0.15, -0.1) is 0 Å². The molecule has 1 amide bonds. The zero-order chi connectivity index (χ0) is 22.3. The summed E-state index contributed by atoms with van der Waals surface area (Å²) in [6.07, 6.45) is 2.16. The van der Waals surface area contributed by atoms with Crippen LogP contribution in [0.1, 0.15) is 56.9 Å². The summed E-state index contributed by atoms with van der Waals surface area (Å²) in [6.45, 7) is 14.9. The maximum absolute atomic E-state index is 12.5. The molecule has 30 heavy (non-hydrogen) atoms. The molecule has 2 aromatic rings. The van der Waals surface area contributed by atoms with E-state index in [0.717, 1.165) is 38.2 Å². The number of benzene rings is 2. The van der Waals surface area contributed by atoms with Gasteiger partial charge in [0.15, 0.2) is 0 Å². The van der Waals surface area contributed by atoms with E-state index >= 15 is 0 Å². The molecule has 0 saturated heterocycles. The molecule has 0 saturated carbocycles. The van der Waals surface area contributed by atoms with Crippen LogP contribution in [0.15, 0.2) is 36.4 Å². The van der Waals surface area contributed by atoms with Crippen molar-refractivity contribution >= 4 is 17.3 Å². The van der Waals surface area contributed by atoms with Crippen LogP contribution in [0.25, 0.3) is 0 Å². The number of rotatable bonds is 4. The second-order valence-corrected chi connectivity index (χ2v) is 8.78. The molecule has 0 bridgehead atoms. The highest BCUT2D eigenvalue weighted by Gasteiger charge is 2.25. The molecule has 4 heteroatoms. The minimum atomic E-state index is -0.382. The molecule has 0 radical (unpaired) electrons. The van der Waals surface area contributed by atoms with E-state index in [1.807, 2.05) is 53.8 Å². The fourth-order valence-corrected chi connectivity index (χ4v) is 3.78. The van der Waals surface area contributed by atoms with Gasteiger partial charge in [0.25, 0.3) is 0 Å². The minimum absolute atomic E-state index is 0.120. The number of anilines is 2. The van der Waals surface area contributed by atoms with Gasteiger partial charge in [0.1, 0.15) is 0 Å². The SMILES string of the molecule is CC.Cc1ccc2c(c1NCc1ccc(N(C)C(=O)C(C)(C)C)cc1)CCNCC2. The topological polar surface area (TPSA) is 44.4 Å².